The molecule has 1 aromatic carbocycles. The maximum atomic E-state index is 11.6. The van der Waals surface area contributed by atoms with Crippen LogP contribution < -0.4 is 9.47 Å². The molecule has 2 heterocycles. The van der Waals surface area contributed by atoms with Crippen LogP contribution in [0.2, 0.25) is 0 Å². The summed E-state index contributed by atoms with van der Waals surface area (Å²) < 4.78 is 2.06. The van der Waals surface area contributed by atoms with E-state index in [4.69, 9.17) is 0 Å². The average Bonchev–Trinajstić information content (AvgIpc) is 2.97. The van der Waals surface area contributed by atoms with Gasteiger partial charge in [-0.25, -0.2) is 9.47 Å². The van der Waals surface area contributed by atoms with Crippen LogP contribution >= 0.6 is 11.8 Å². The van der Waals surface area contributed by atoms with Crippen LogP contribution in [0.4, 0.5) is 5.95 Å². The maximum absolute atomic E-state index is 11.6. The van der Waals surface area contributed by atoms with Crippen LogP contribution in [0.1, 0.15) is 51.0 Å². The summed E-state index contributed by atoms with van der Waals surface area (Å²) in [5, 5.41) is 11.6. The Labute approximate surface area is 161 Å². The van der Waals surface area contributed by atoms with Crippen molar-refractivity contribution < 1.29 is 9.67 Å². The Balaban J connectivity index is 1.76. The van der Waals surface area contributed by atoms with Crippen LogP contribution in [0, 0.1) is 0 Å². The lowest BCUT2D eigenvalue weighted by atomic mass is 10.0. The van der Waals surface area contributed by atoms with Crippen molar-refractivity contribution >= 4 is 17.7 Å². The van der Waals surface area contributed by atoms with E-state index in [9.17, 15) is 5.11 Å². The number of rotatable bonds is 9. The van der Waals surface area contributed by atoms with Gasteiger partial charge in [-0.15, -0.1) is 11.8 Å². The molecular formula is C21H30N3OS+. The first-order valence-corrected chi connectivity index (χ1v) is 10.9. The van der Waals surface area contributed by atoms with Gasteiger partial charge in [0.15, 0.2) is 0 Å². The zero-order chi connectivity index (χ0) is 18.4. The molecule has 0 aliphatic carbocycles. The van der Waals surface area contributed by atoms with Gasteiger partial charge in [-0.1, -0.05) is 56.1 Å². The molecule has 0 saturated carbocycles. The number of aliphatic hydroxyl groups is 1. The number of thioether (sulfide) groups is 1. The molecule has 3 rings (SSSR count). The summed E-state index contributed by atoms with van der Waals surface area (Å²) in [7, 11) is 0. The molecule has 0 spiro atoms. The number of benzene rings is 1. The Bertz CT molecular complexity index is 707. The summed E-state index contributed by atoms with van der Waals surface area (Å²) in [5.41, 5.74) is -0.0892. The van der Waals surface area contributed by atoms with Crippen molar-refractivity contribution in [3.63, 3.8) is 0 Å². The first-order chi connectivity index (χ1) is 12.7. The summed E-state index contributed by atoms with van der Waals surface area (Å²) in [6.45, 7) is 3.58. The summed E-state index contributed by atoms with van der Waals surface area (Å²) in [6.07, 6.45) is 13.3. The van der Waals surface area contributed by atoms with Gasteiger partial charge in [-0.05, 0) is 24.8 Å². The highest BCUT2D eigenvalue weighted by Gasteiger charge is 2.51. The third-order valence-corrected chi connectivity index (χ3v) is 5.91. The molecule has 1 aliphatic heterocycles. The monoisotopic (exact) mass is 372 g/mol. The molecule has 0 bridgehead atoms. The van der Waals surface area contributed by atoms with Crippen molar-refractivity contribution in [2.75, 3.05) is 17.7 Å². The maximum Gasteiger partial charge on any atom is 0.396 e. The third-order valence-electron chi connectivity index (χ3n) is 5.17. The highest BCUT2D eigenvalue weighted by molar-refractivity contribution is 7.98. The van der Waals surface area contributed by atoms with Crippen LogP contribution in [-0.2, 0) is 12.3 Å². The number of nitrogens with zero attached hydrogens (tertiary/aromatic N) is 3. The summed E-state index contributed by atoms with van der Waals surface area (Å²) in [4.78, 5) is 7.84. The van der Waals surface area contributed by atoms with Crippen molar-refractivity contribution in [1.82, 2.24) is 4.98 Å². The van der Waals surface area contributed by atoms with Gasteiger partial charge in [0.25, 0.3) is 0 Å². The lowest BCUT2D eigenvalue weighted by Crippen LogP contribution is -2.46. The summed E-state index contributed by atoms with van der Waals surface area (Å²) >= 11 is 1.72. The molecule has 0 radical (unpaired) electrons. The predicted octanol–water partition coefficient (Wildman–Crippen LogP) is 4.12. The molecule has 1 aromatic heterocycles. The van der Waals surface area contributed by atoms with Gasteiger partial charge in [0.05, 0.1) is 12.7 Å². The van der Waals surface area contributed by atoms with Gasteiger partial charge < -0.3 is 5.11 Å². The fraction of sp³-hybridized carbons (Fsp3) is 0.524. The molecule has 140 valence electrons. The predicted molar refractivity (Wildman–Crippen MR) is 107 cm³/mol. The third kappa shape index (κ3) is 4.04. The van der Waals surface area contributed by atoms with Gasteiger partial charge in [-0.2, -0.15) is 0 Å². The largest absolute Gasteiger partial charge is 0.396 e. The van der Waals surface area contributed by atoms with Crippen molar-refractivity contribution in [3.8, 4) is 0 Å². The fourth-order valence-corrected chi connectivity index (χ4v) is 4.08. The number of hydrogen-bond donors (Lipinski definition) is 1. The number of hydrogen-bond acceptors (Lipinski definition) is 4. The highest BCUT2D eigenvalue weighted by Crippen LogP contribution is 2.34. The van der Waals surface area contributed by atoms with Crippen LogP contribution in [0.5, 0.6) is 0 Å². The second kappa shape index (κ2) is 8.87. The summed E-state index contributed by atoms with van der Waals surface area (Å²) in [6, 6.07) is 10.2. The molecule has 26 heavy (non-hydrogen) atoms. The van der Waals surface area contributed by atoms with E-state index in [1.54, 1.807) is 11.8 Å². The highest BCUT2D eigenvalue weighted by atomic mass is 32.2. The molecule has 0 unspecified atom stereocenters. The Kier molecular flexibility index (Phi) is 6.54. The first-order valence-electron chi connectivity index (χ1n) is 9.68. The van der Waals surface area contributed by atoms with E-state index in [0.29, 0.717) is 6.54 Å². The van der Waals surface area contributed by atoms with Crippen molar-refractivity contribution in [1.29, 1.82) is 0 Å². The average molecular weight is 373 g/mol. The minimum absolute atomic E-state index is 0.518. The molecule has 4 nitrogen and oxygen atoms in total. The van der Waals surface area contributed by atoms with Crippen LogP contribution in [0.3, 0.4) is 0 Å². The number of aromatic nitrogens is 2. The minimum atomic E-state index is -1.03. The Morgan fingerprint density at radius 3 is 2.62 bits per heavy atom. The first kappa shape index (κ1) is 19.2. The lowest BCUT2D eigenvalue weighted by Gasteiger charge is -2.28. The van der Waals surface area contributed by atoms with Gasteiger partial charge >= 0.3 is 5.95 Å². The second-order valence-electron chi connectivity index (χ2n) is 7.01. The Morgan fingerprint density at radius 2 is 1.88 bits per heavy atom. The molecule has 1 atom stereocenters. The molecule has 1 N–H and O–H groups in total. The molecular weight excluding hydrogens is 342 g/mol. The smallest absolute Gasteiger partial charge is 0.353 e. The van der Waals surface area contributed by atoms with E-state index in [-0.39, 0.29) is 0 Å². The zero-order valence-corrected chi connectivity index (χ0v) is 16.7. The molecule has 0 amide bonds. The minimum Gasteiger partial charge on any atom is -0.353 e. The molecule has 0 saturated heterocycles. The lowest BCUT2D eigenvalue weighted by molar-refractivity contribution is -0.685. The van der Waals surface area contributed by atoms with E-state index in [0.717, 1.165) is 24.5 Å². The quantitative estimate of drug-likeness (QED) is 0.408. The van der Waals surface area contributed by atoms with Crippen LogP contribution in [0.15, 0.2) is 47.6 Å². The Hall–Kier alpha value is -1.59. The zero-order valence-electron chi connectivity index (χ0n) is 15.9. The molecule has 2 aromatic rings. The molecule has 0 fully saturated rings. The van der Waals surface area contributed by atoms with E-state index in [1.807, 2.05) is 30.6 Å². The standard InChI is InChI=1S/C21H30N3OS/c1-3-4-5-6-7-8-16-24-20-22-14-9-15-23(20)17-21(24,25)18-10-12-19(26-2)13-11-18/h9-15,25H,3-8,16-17H2,1-2H3/q+1/t21-/m1/s1. The van der Waals surface area contributed by atoms with E-state index >= 15 is 0 Å². The van der Waals surface area contributed by atoms with Crippen LogP contribution in [0.25, 0.3) is 0 Å². The molecule has 1 aliphatic rings. The fourth-order valence-electron chi connectivity index (χ4n) is 3.67. The number of anilines is 1. The van der Waals surface area contributed by atoms with Crippen molar-refractivity contribution in [2.45, 2.75) is 62.6 Å². The topological polar surface area (TPSA) is 40.2 Å². The van der Waals surface area contributed by atoms with Crippen molar-refractivity contribution in [2.24, 2.45) is 0 Å². The van der Waals surface area contributed by atoms with Gasteiger partial charge in [0, 0.05) is 16.5 Å². The van der Waals surface area contributed by atoms with Gasteiger partial charge in [0.1, 0.15) is 12.7 Å². The van der Waals surface area contributed by atoms with Crippen molar-refractivity contribution in [3.05, 3.63) is 48.3 Å². The van der Waals surface area contributed by atoms with E-state index < -0.39 is 5.72 Å². The second-order valence-corrected chi connectivity index (χ2v) is 7.89. The summed E-state index contributed by atoms with van der Waals surface area (Å²) in [5.74, 6) is 0.859. The van der Waals surface area contributed by atoms with E-state index in [1.165, 1.54) is 37.0 Å². The Morgan fingerprint density at radius 1 is 1.15 bits per heavy atom. The SMILES string of the molecule is CCCCCCCCN1c2nccc[n+]2C[C@@]1(O)c1ccc(SC)cc1. The van der Waals surface area contributed by atoms with Gasteiger partial charge in [-0.3, -0.25) is 0 Å². The molecule has 5 heteroatoms. The number of fused-ring (bicyclic) bond motifs is 1. The van der Waals surface area contributed by atoms with Gasteiger partial charge in [0.2, 0.25) is 5.72 Å². The van der Waals surface area contributed by atoms with Crippen LogP contribution in [-0.4, -0.2) is 22.9 Å². The van der Waals surface area contributed by atoms with E-state index in [2.05, 4.69) is 39.8 Å². The normalized spacial score (nSPS) is 19.0. The number of unbranched alkanes of at least 4 members (excludes halogenated alkanes) is 5.